The average Bonchev–Trinajstić information content (AvgIpc) is 2.61. The first-order valence-electron chi connectivity index (χ1n) is 9.52. The van der Waals surface area contributed by atoms with Gasteiger partial charge in [0.05, 0.1) is 0 Å². The molecule has 1 aromatic rings. The number of rotatable bonds is 8. The van der Waals surface area contributed by atoms with Crippen LogP contribution in [0, 0.1) is 5.82 Å². The number of carbonyl (C=O) groups excluding carboxylic acids is 2. The molecule has 7 heteroatoms. The molecule has 0 saturated carbocycles. The monoisotopic (exact) mass is 366 g/mol. The topological polar surface area (TPSA) is 67.1 Å². The van der Waals surface area contributed by atoms with Gasteiger partial charge in [0.1, 0.15) is 32.0 Å². The van der Waals surface area contributed by atoms with Gasteiger partial charge >= 0.3 is 0 Å². The SMILES string of the molecule is CCC(CC)NC(=O)C[NH+]1CC[NH+](CC(=O)Nc2cccc(F)c2)CC1. The van der Waals surface area contributed by atoms with E-state index in [0.717, 1.165) is 39.0 Å². The largest absolute Gasteiger partial charge is 0.349 e. The number of hydrogen-bond donors (Lipinski definition) is 4. The van der Waals surface area contributed by atoms with Crippen LogP contribution >= 0.6 is 0 Å². The quantitative estimate of drug-likeness (QED) is 0.470. The summed E-state index contributed by atoms with van der Waals surface area (Å²) >= 11 is 0. The number of piperazine rings is 1. The van der Waals surface area contributed by atoms with Crippen LogP contribution in [0.15, 0.2) is 24.3 Å². The number of anilines is 1. The van der Waals surface area contributed by atoms with Crippen LogP contribution in [-0.4, -0.2) is 57.1 Å². The van der Waals surface area contributed by atoms with Gasteiger partial charge in [-0.3, -0.25) is 9.59 Å². The lowest BCUT2D eigenvalue weighted by Crippen LogP contribution is -3.28. The summed E-state index contributed by atoms with van der Waals surface area (Å²) in [7, 11) is 0. The molecule has 0 radical (unpaired) electrons. The molecule has 26 heavy (non-hydrogen) atoms. The van der Waals surface area contributed by atoms with E-state index in [4.69, 9.17) is 0 Å². The minimum absolute atomic E-state index is 0.111. The number of amides is 2. The summed E-state index contributed by atoms with van der Waals surface area (Å²) in [4.78, 5) is 26.7. The number of benzene rings is 1. The van der Waals surface area contributed by atoms with Crippen LogP contribution in [0.5, 0.6) is 0 Å². The Bertz CT molecular complexity index is 599. The van der Waals surface area contributed by atoms with E-state index < -0.39 is 0 Å². The predicted molar refractivity (Wildman–Crippen MR) is 98.7 cm³/mol. The predicted octanol–water partition coefficient (Wildman–Crippen LogP) is -1.15. The van der Waals surface area contributed by atoms with Crippen molar-refractivity contribution in [3.63, 3.8) is 0 Å². The van der Waals surface area contributed by atoms with Crippen LogP contribution < -0.4 is 20.4 Å². The van der Waals surface area contributed by atoms with E-state index in [1.54, 1.807) is 12.1 Å². The van der Waals surface area contributed by atoms with E-state index >= 15 is 0 Å². The average molecular weight is 366 g/mol. The molecule has 2 rings (SSSR count). The molecule has 1 aliphatic heterocycles. The van der Waals surface area contributed by atoms with Gasteiger partial charge in [0, 0.05) is 11.7 Å². The maximum absolute atomic E-state index is 13.2. The second-order valence-electron chi connectivity index (χ2n) is 6.99. The van der Waals surface area contributed by atoms with E-state index in [1.165, 1.54) is 21.9 Å². The highest BCUT2D eigenvalue weighted by atomic mass is 19.1. The first-order chi connectivity index (χ1) is 12.5. The molecule has 0 bridgehead atoms. The Labute approximate surface area is 154 Å². The highest BCUT2D eigenvalue weighted by Gasteiger charge is 2.26. The maximum atomic E-state index is 13.2. The number of carbonyl (C=O) groups is 2. The molecule has 4 N–H and O–H groups in total. The molecule has 0 spiro atoms. The van der Waals surface area contributed by atoms with Crippen molar-refractivity contribution in [3.05, 3.63) is 30.1 Å². The van der Waals surface area contributed by atoms with Crippen LogP contribution in [0.3, 0.4) is 0 Å². The molecular formula is C19H31FN4O2+2. The highest BCUT2D eigenvalue weighted by Crippen LogP contribution is 2.08. The summed E-state index contributed by atoms with van der Waals surface area (Å²) < 4.78 is 13.2. The molecule has 2 amide bonds. The Balaban J connectivity index is 1.69. The zero-order chi connectivity index (χ0) is 18.9. The van der Waals surface area contributed by atoms with Crippen molar-refractivity contribution in [1.29, 1.82) is 0 Å². The van der Waals surface area contributed by atoms with Crippen molar-refractivity contribution in [3.8, 4) is 0 Å². The van der Waals surface area contributed by atoms with Gasteiger partial charge in [0.2, 0.25) is 0 Å². The molecule has 1 heterocycles. The molecule has 144 valence electrons. The fourth-order valence-electron chi connectivity index (χ4n) is 3.31. The summed E-state index contributed by atoms with van der Waals surface area (Å²) in [5.74, 6) is -0.361. The lowest BCUT2D eigenvalue weighted by Gasteiger charge is -2.29. The zero-order valence-electron chi connectivity index (χ0n) is 15.7. The molecule has 1 aromatic carbocycles. The molecule has 0 atom stereocenters. The smallest absolute Gasteiger partial charge is 0.279 e. The Morgan fingerprint density at radius 2 is 1.62 bits per heavy atom. The fraction of sp³-hybridized carbons (Fsp3) is 0.579. The van der Waals surface area contributed by atoms with Crippen molar-refractivity contribution in [2.24, 2.45) is 0 Å². The molecular weight excluding hydrogens is 335 g/mol. The van der Waals surface area contributed by atoms with E-state index in [0.29, 0.717) is 18.8 Å². The third kappa shape index (κ3) is 6.72. The summed E-state index contributed by atoms with van der Waals surface area (Å²) in [6.07, 6.45) is 1.91. The number of nitrogens with one attached hydrogen (secondary N) is 4. The third-order valence-corrected chi connectivity index (χ3v) is 4.94. The van der Waals surface area contributed by atoms with Crippen molar-refractivity contribution >= 4 is 17.5 Å². The summed E-state index contributed by atoms with van der Waals surface area (Å²) in [6.45, 7) is 8.48. The van der Waals surface area contributed by atoms with Crippen molar-refractivity contribution in [2.45, 2.75) is 32.7 Å². The van der Waals surface area contributed by atoms with Gasteiger partial charge in [-0.05, 0) is 31.0 Å². The fourth-order valence-corrected chi connectivity index (χ4v) is 3.31. The van der Waals surface area contributed by atoms with Gasteiger partial charge in [-0.2, -0.15) is 0 Å². The van der Waals surface area contributed by atoms with Gasteiger partial charge in [0.15, 0.2) is 13.1 Å². The summed E-state index contributed by atoms with van der Waals surface area (Å²) in [5, 5.41) is 5.81. The summed E-state index contributed by atoms with van der Waals surface area (Å²) in [6, 6.07) is 6.18. The van der Waals surface area contributed by atoms with E-state index in [2.05, 4.69) is 24.5 Å². The first kappa shape index (κ1) is 20.3. The van der Waals surface area contributed by atoms with Crippen LogP contribution in [0.2, 0.25) is 0 Å². The molecule has 1 aliphatic rings. The summed E-state index contributed by atoms with van der Waals surface area (Å²) in [5.41, 5.74) is 0.483. The second-order valence-corrected chi connectivity index (χ2v) is 6.99. The van der Waals surface area contributed by atoms with Crippen LogP contribution in [0.1, 0.15) is 26.7 Å². The normalized spacial score (nSPS) is 20.0. The molecule has 6 nitrogen and oxygen atoms in total. The molecule has 0 unspecified atom stereocenters. The Morgan fingerprint density at radius 1 is 1.04 bits per heavy atom. The third-order valence-electron chi connectivity index (χ3n) is 4.94. The lowest BCUT2D eigenvalue weighted by atomic mass is 10.2. The van der Waals surface area contributed by atoms with Gasteiger partial charge in [-0.1, -0.05) is 19.9 Å². The second kappa shape index (κ2) is 10.2. The minimum atomic E-state index is -0.362. The lowest BCUT2D eigenvalue weighted by molar-refractivity contribution is -1.00. The molecule has 0 aromatic heterocycles. The van der Waals surface area contributed by atoms with E-state index in [1.807, 2.05) is 0 Å². The molecule has 1 saturated heterocycles. The minimum Gasteiger partial charge on any atom is -0.349 e. The van der Waals surface area contributed by atoms with Gasteiger partial charge in [-0.25, -0.2) is 4.39 Å². The van der Waals surface area contributed by atoms with Crippen LogP contribution in [-0.2, 0) is 9.59 Å². The number of quaternary nitrogens is 2. The Morgan fingerprint density at radius 3 is 2.15 bits per heavy atom. The zero-order valence-corrected chi connectivity index (χ0v) is 15.7. The Kier molecular flexibility index (Phi) is 8.00. The number of hydrogen-bond acceptors (Lipinski definition) is 2. The molecule has 1 fully saturated rings. The Hall–Kier alpha value is -1.99. The van der Waals surface area contributed by atoms with E-state index in [-0.39, 0.29) is 23.7 Å². The van der Waals surface area contributed by atoms with Gasteiger partial charge in [-0.15, -0.1) is 0 Å². The first-order valence-corrected chi connectivity index (χ1v) is 9.52. The standard InChI is InChI=1S/C19H29FN4O2/c1-3-16(4-2)21-18(25)13-23-8-10-24(11-9-23)14-19(26)22-17-7-5-6-15(20)12-17/h5-7,12,16H,3-4,8-11,13-14H2,1-2H3,(H,21,25)(H,22,26)/p+2. The maximum Gasteiger partial charge on any atom is 0.279 e. The molecule has 0 aliphatic carbocycles. The van der Waals surface area contributed by atoms with E-state index in [9.17, 15) is 14.0 Å². The number of halogens is 1. The van der Waals surface area contributed by atoms with Crippen molar-refractivity contribution in [2.75, 3.05) is 44.6 Å². The van der Waals surface area contributed by atoms with Crippen molar-refractivity contribution < 1.29 is 23.8 Å². The highest BCUT2D eigenvalue weighted by molar-refractivity contribution is 5.91. The van der Waals surface area contributed by atoms with Gasteiger partial charge in [0.25, 0.3) is 11.8 Å². The van der Waals surface area contributed by atoms with Gasteiger partial charge < -0.3 is 20.4 Å². The van der Waals surface area contributed by atoms with Crippen LogP contribution in [0.25, 0.3) is 0 Å². The van der Waals surface area contributed by atoms with Crippen molar-refractivity contribution in [1.82, 2.24) is 5.32 Å². The van der Waals surface area contributed by atoms with Crippen LogP contribution in [0.4, 0.5) is 10.1 Å².